The molecule has 0 aromatic rings. The number of rotatable bonds is 3. The topological polar surface area (TPSA) is 57.6 Å². The third-order valence-electron chi connectivity index (χ3n) is 1.51. The van der Waals surface area contributed by atoms with Gasteiger partial charge in [-0.25, -0.2) is 0 Å². The van der Waals surface area contributed by atoms with Crippen LogP contribution in [0.2, 0.25) is 0 Å². The molecule has 0 radical (unpaired) electrons. The van der Waals surface area contributed by atoms with Gasteiger partial charge < -0.3 is 10.0 Å². The summed E-state index contributed by atoms with van der Waals surface area (Å²) in [6, 6.07) is 0. The van der Waals surface area contributed by atoms with Gasteiger partial charge in [0.15, 0.2) is 0 Å². The van der Waals surface area contributed by atoms with Crippen molar-refractivity contribution < 1.29 is 14.7 Å². The Labute approximate surface area is 65.8 Å². The molecule has 0 saturated carbocycles. The van der Waals surface area contributed by atoms with Crippen molar-refractivity contribution in [3.05, 3.63) is 0 Å². The molecule has 0 aliphatic rings. The Bertz CT molecular complexity index is 149. The third kappa shape index (κ3) is 3.60. The molecule has 0 spiro atoms. The molecule has 1 amide bonds. The van der Waals surface area contributed by atoms with Crippen LogP contribution >= 0.6 is 0 Å². The minimum absolute atomic E-state index is 0.113. The summed E-state index contributed by atoms with van der Waals surface area (Å²) in [5.41, 5.74) is 0. The van der Waals surface area contributed by atoms with E-state index in [9.17, 15) is 9.59 Å². The first-order chi connectivity index (χ1) is 4.95. The van der Waals surface area contributed by atoms with Crippen LogP contribution < -0.4 is 0 Å². The van der Waals surface area contributed by atoms with Crippen LogP contribution in [-0.2, 0) is 9.59 Å². The number of hydrogen-bond donors (Lipinski definition) is 1. The Morgan fingerprint density at radius 1 is 1.55 bits per heavy atom. The molecule has 1 atom stereocenters. The second-order valence-electron chi connectivity index (χ2n) is 2.64. The Hall–Kier alpha value is -1.06. The second-order valence-corrected chi connectivity index (χ2v) is 2.64. The quantitative estimate of drug-likeness (QED) is 0.639. The van der Waals surface area contributed by atoms with E-state index in [1.54, 1.807) is 14.0 Å². The summed E-state index contributed by atoms with van der Waals surface area (Å²) in [5.74, 6) is -1.49. The standard InChI is InChI=1S/C7H13NO3/c1-5(7(10)11)4-8(3)6(2)9/h5H,4H2,1-3H3,(H,10,11). The molecule has 0 aromatic carbocycles. The summed E-state index contributed by atoms with van der Waals surface area (Å²) in [5, 5.41) is 8.47. The minimum atomic E-state index is -0.877. The van der Waals surface area contributed by atoms with E-state index in [0.29, 0.717) is 0 Å². The predicted molar refractivity (Wildman–Crippen MR) is 40.1 cm³/mol. The summed E-state index contributed by atoms with van der Waals surface area (Å²) in [7, 11) is 1.59. The maximum absolute atomic E-state index is 10.6. The zero-order valence-corrected chi connectivity index (χ0v) is 7.00. The largest absolute Gasteiger partial charge is 0.481 e. The van der Waals surface area contributed by atoms with Crippen molar-refractivity contribution in [1.29, 1.82) is 0 Å². The summed E-state index contributed by atoms with van der Waals surface area (Å²) in [4.78, 5) is 22.3. The van der Waals surface area contributed by atoms with Gasteiger partial charge in [0, 0.05) is 20.5 Å². The van der Waals surface area contributed by atoms with Crippen molar-refractivity contribution in [3.8, 4) is 0 Å². The number of carboxylic acids is 1. The molecule has 0 rings (SSSR count). The first-order valence-electron chi connectivity index (χ1n) is 3.39. The molecule has 64 valence electrons. The zero-order chi connectivity index (χ0) is 9.02. The molecule has 0 bridgehead atoms. The van der Waals surface area contributed by atoms with Crippen LogP contribution in [0.15, 0.2) is 0 Å². The van der Waals surface area contributed by atoms with Crippen LogP contribution in [0, 0.1) is 5.92 Å². The number of aliphatic carboxylic acids is 1. The van der Waals surface area contributed by atoms with Crippen molar-refractivity contribution >= 4 is 11.9 Å². The summed E-state index contributed by atoms with van der Waals surface area (Å²) in [6.07, 6.45) is 0. The van der Waals surface area contributed by atoms with Crippen molar-refractivity contribution in [2.24, 2.45) is 5.92 Å². The summed E-state index contributed by atoms with van der Waals surface area (Å²) in [6.45, 7) is 3.25. The van der Waals surface area contributed by atoms with Gasteiger partial charge >= 0.3 is 5.97 Å². The van der Waals surface area contributed by atoms with Crippen molar-refractivity contribution in [2.75, 3.05) is 13.6 Å². The lowest BCUT2D eigenvalue weighted by Gasteiger charge is -2.16. The molecule has 0 aliphatic carbocycles. The second kappa shape index (κ2) is 3.95. The van der Waals surface area contributed by atoms with E-state index in [0.717, 1.165) is 0 Å². The summed E-state index contributed by atoms with van der Waals surface area (Å²) >= 11 is 0. The Balaban J connectivity index is 3.84. The molecule has 0 saturated heterocycles. The Morgan fingerprint density at radius 2 is 2.00 bits per heavy atom. The fourth-order valence-electron chi connectivity index (χ4n) is 0.617. The first kappa shape index (κ1) is 9.94. The van der Waals surface area contributed by atoms with Gasteiger partial charge in [-0.15, -0.1) is 0 Å². The van der Waals surface area contributed by atoms with Gasteiger partial charge in [0.1, 0.15) is 0 Å². The normalized spacial score (nSPS) is 12.3. The van der Waals surface area contributed by atoms with Crippen LogP contribution in [0.1, 0.15) is 13.8 Å². The van der Waals surface area contributed by atoms with E-state index in [2.05, 4.69) is 0 Å². The van der Waals surface area contributed by atoms with E-state index in [4.69, 9.17) is 5.11 Å². The fraction of sp³-hybridized carbons (Fsp3) is 0.714. The molecule has 0 aliphatic heterocycles. The van der Waals surface area contributed by atoms with Gasteiger partial charge in [0.2, 0.25) is 5.91 Å². The monoisotopic (exact) mass is 159 g/mol. The molecular formula is C7H13NO3. The van der Waals surface area contributed by atoms with Gasteiger partial charge in [0.05, 0.1) is 5.92 Å². The molecule has 4 heteroatoms. The molecule has 4 nitrogen and oxygen atoms in total. The minimum Gasteiger partial charge on any atom is -0.481 e. The fourth-order valence-corrected chi connectivity index (χ4v) is 0.617. The average Bonchev–Trinajstić information content (AvgIpc) is 1.87. The zero-order valence-electron chi connectivity index (χ0n) is 7.00. The maximum atomic E-state index is 10.6. The number of hydrogen-bond acceptors (Lipinski definition) is 2. The van der Waals surface area contributed by atoms with Crippen LogP contribution in [-0.4, -0.2) is 35.5 Å². The summed E-state index contributed by atoms with van der Waals surface area (Å²) < 4.78 is 0. The van der Waals surface area contributed by atoms with Crippen molar-refractivity contribution in [2.45, 2.75) is 13.8 Å². The van der Waals surface area contributed by atoms with Gasteiger partial charge in [-0.2, -0.15) is 0 Å². The van der Waals surface area contributed by atoms with Gasteiger partial charge in [-0.1, -0.05) is 6.92 Å². The smallest absolute Gasteiger partial charge is 0.308 e. The average molecular weight is 159 g/mol. The lowest BCUT2D eigenvalue weighted by Crippen LogP contribution is -2.31. The molecule has 1 unspecified atom stereocenters. The van der Waals surface area contributed by atoms with E-state index in [-0.39, 0.29) is 12.5 Å². The third-order valence-corrected chi connectivity index (χ3v) is 1.51. The first-order valence-corrected chi connectivity index (χ1v) is 3.39. The lowest BCUT2D eigenvalue weighted by atomic mass is 10.2. The highest BCUT2D eigenvalue weighted by molar-refractivity contribution is 5.74. The molecule has 1 N–H and O–H groups in total. The Kier molecular flexibility index (Phi) is 3.57. The number of carboxylic acid groups (broad SMARTS) is 1. The maximum Gasteiger partial charge on any atom is 0.308 e. The SMILES string of the molecule is CC(=O)N(C)CC(C)C(=O)O. The number of carbonyl (C=O) groups is 2. The Morgan fingerprint density at radius 3 is 2.27 bits per heavy atom. The lowest BCUT2D eigenvalue weighted by molar-refractivity contribution is -0.142. The van der Waals surface area contributed by atoms with Crippen molar-refractivity contribution in [3.63, 3.8) is 0 Å². The van der Waals surface area contributed by atoms with E-state index in [1.807, 2.05) is 0 Å². The molecule has 11 heavy (non-hydrogen) atoms. The molecule has 0 aromatic heterocycles. The molecular weight excluding hydrogens is 146 g/mol. The van der Waals surface area contributed by atoms with Crippen LogP contribution in [0.25, 0.3) is 0 Å². The molecule has 0 fully saturated rings. The number of nitrogens with zero attached hydrogens (tertiary/aromatic N) is 1. The van der Waals surface area contributed by atoms with E-state index < -0.39 is 11.9 Å². The van der Waals surface area contributed by atoms with Crippen LogP contribution in [0.4, 0.5) is 0 Å². The van der Waals surface area contributed by atoms with E-state index >= 15 is 0 Å². The van der Waals surface area contributed by atoms with Gasteiger partial charge in [-0.3, -0.25) is 9.59 Å². The predicted octanol–water partition coefficient (Wildman–Crippen LogP) is 0.185. The highest BCUT2D eigenvalue weighted by Crippen LogP contribution is 1.97. The van der Waals surface area contributed by atoms with Crippen LogP contribution in [0.5, 0.6) is 0 Å². The highest BCUT2D eigenvalue weighted by atomic mass is 16.4. The van der Waals surface area contributed by atoms with Crippen LogP contribution in [0.3, 0.4) is 0 Å². The van der Waals surface area contributed by atoms with Crippen molar-refractivity contribution in [1.82, 2.24) is 4.90 Å². The molecule has 0 heterocycles. The number of carbonyl (C=O) groups excluding carboxylic acids is 1. The highest BCUT2D eigenvalue weighted by Gasteiger charge is 2.14. The van der Waals surface area contributed by atoms with Gasteiger partial charge in [-0.05, 0) is 0 Å². The van der Waals surface area contributed by atoms with E-state index in [1.165, 1.54) is 11.8 Å². The number of amides is 1. The van der Waals surface area contributed by atoms with Gasteiger partial charge in [0.25, 0.3) is 0 Å².